The average Bonchev–Trinajstić information content (AvgIpc) is 3.73. The lowest BCUT2D eigenvalue weighted by atomic mass is 9.83. The molecule has 2 saturated heterocycles. The number of halogens is 1. The highest BCUT2D eigenvalue weighted by atomic mass is 35.5. The van der Waals surface area contributed by atoms with E-state index in [4.69, 9.17) is 35.3 Å². The molecule has 0 radical (unpaired) electrons. The van der Waals surface area contributed by atoms with Gasteiger partial charge in [-0.05, 0) is 44.9 Å². The van der Waals surface area contributed by atoms with Crippen molar-refractivity contribution < 1.29 is 48.0 Å². The predicted octanol–water partition coefficient (Wildman–Crippen LogP) is 3.53. The van der Waals surface area contributed by atoms with Crippen LogP contribution in [0.15, 0.2) is 35.9 Å². The third-order valence-electron chi connectivity index (χ3n) is 9.63. The zero-order chi connectivity index (χ0) is 35.7. The molecule has 4 bridgehead atoms. The highest BCUT2D eigenvalue weighted by Crippen LogP contribution is 2.49. The van der Waals surface area contributed by atoms with Crippen molar-refractivity contribution in [2.45, 2.75) is 95.7 Å². The van der Waals surface area contributed by atoms with E-state index < -0.39 is 65.7 Å². The van der Waals surface area contributed by atoms with Crippen molar-refractivity contribution in [3.8, 4) is 5.75 Å². The summed E-state index contributed by atoms with van der Waals surface area (Å²) in [6, 6.07) is 2.63. The minimum Gasteiger partial charge on any atom is -0.495 e. The smallest absolute Gasteiger partial charge is 0.409 e. The van der Waals surface area contributed by atoms with Crippen molar-refractivity contribution in [3.05, 3.63) is 46.5 Å². The zero-order valence-corrected chi connectivity index (χ0v) is 29.6. The van der Waals surface area contributed by atoms with E-state index in [1.807, 2.05) is 13.0 Å². The number of benzene rings is 1. The molecule has 4 rings (SSSR count). The number of esters is 1. The van der Waals surface area contributed by atoms with Crippen molar-refractivity contribution in [1.29, 1.82) is 0 Å². The number of hydrogen-bond donors (Lipinski definition) is 2. The van der Waals surface area contributed by atoms with Crippen LogP contribution in [0.5, 0.6) is 5.75 Å². The molecule has 0 saturated carbocycles. The number of methoxy groups -OCH3 is 2. The summed E-state index contributed by atoms with van der Waals surface area (Å²) in [5.74, 6) is -1.63. The number of nitrogens with one attached hydrogen (secondary N) is 1. The van der Waals surface area contributed by atoms with Gasteiger partial charge in [-0.3, -0.25) is 14.9 Å². The highest BCUT2D eigenvalue weighted by molar-refractivity contribution is 6.35. The topological polar surface area (TPSA) is 156 Å². The van der Waals surface area contributed by atoms with E-state index in [2.05, 4.69) is 5.32 Å². The van der Waals surface area contributed by atoms with Gasteiger partial charge in [0.15, 0.2) is 5.72 Å². The van der Waals surface area contributed by atoms with Gasteiger partial charge in [0.2, 0.25) is 11.8 Å². The molecule has 2 N–H and O–H groups in total. The summed E-state index contributed by atoms with van der Waals surface area (Å²) in [6.07, 6.45) is 1.02. The second kappa shape index (κ2) is 14.5. The van der Waals surface area contributed by atoms with Crippen molar-refractivity contribution in [1.82, 2.24) is 10.2 Å². The fourth-order valence-corrected chi connectivity index (χ4v) is 6.59. The molecule has 1 aromatic rings. The minimum atomic E-state index is -1.81. The number of alkyl carbamates (subject to hydrolysis) is 1. The summed E-state index contributed by atoms with van der Waals surface area (Å²) in [7, 11) is 5.97. The number of rotatable bonds is 5. The Labute approximate surface area is 286 Å². The predicted molar refractivity (Wildman–Crippen MR) is 177 cm³/mol. The molecule has 3 heterocycles. The van der Waals surface area contributed by atoms with Crippen LogP contribution in [0.2, 0.25) is 5.02 Å². The van der Waals surface area contributed by atoms with Gasteiger partial charge in [0, 0.05) is 40.5 Å². The summed E-state index contributed by atoms with van der Waals surface area (Å²) < 4.78 is 28.9. The molecule has 0 spiro atoms. The fourth-order valence-electron chi connectivity index (χ4n) is 6.27. The Morgan fingerprint density at radius 2 is 1.94 bits per heavy atom. The molecule has 3 amide bonds. The van der Waals surface area contributed by atoms with Crippen molar-refractivity contribution in [2.75, 3.05) is 33.2 Å². The van der Waals surface area contributed by atoms with Gasteiger partial charge in [-0.1, -0.05) is 42.3 Å². The van der Waals surface area contributed by atoms with E-state index >= 15 is 0 Å². The number of ether oxygens (including phenoxy) is 5. The third-order valence-corrected chi connectivity index (χ3v) is 10.0. The van der Waals surface area contributed by atoms with E-state index in [0.29, 0.717) is 17.9 Å². The number of fused-ring (bicyclic) bond motifs is 5. The molecule has 13 nitrogen and oxygen atoms in total. The molecule has 14 heteroatoms. The normalized spacial score (nSPS) is 33.2. The zero-order valence-electron chi connectivity index (χ0n) is 28.9. The van der Waals surface area contributed by atoms with Crippen LogP contribution < -0.4 is 15.0 Å². The van der Waals surface area contributed by atoms with Gasteiger partial charge < -0.3 is 38.6 Å². The number of anilines is 1. The number of hydrogen-bond acceptors (Lipinski definition) is 10. The molecule has 8 atom stereocenters. The standard InChI is InChI=1S/C34H46ClN3O10/c1-18-11-10-12-26(45-9)34(43)17-25(46-32(42)36-34)19(2)30-33(5,48-30)27(47-31(41)20(3)37(6)21(4)39)16-28(40)38(7)23-14-22(13-18)15-24(44-8)29(23)35/h10-12,14-15,19-20,25-27,30,43H,13,16-17H2,1-9H3,(H,36,42)/b12-10+,18-11+/t19-,20-,25+,26+,27-,30+,33+,34+/m1/s1. The summed E-state index contributed by atoms with van der Waals surface area (Å²) in [6.45, 7) is 8.29. The number of carbonyl (C=O) groups is 4. The summed E-state index contributed by atoms with van der Waals surface area (Å²) in [4.78, 5) is 54.7. The average molecular weight is 692 g/mol. The Balaban J connectivity index is 1.80. The van der Waals surface area contributed by atoms with Crippen LogP contribution in [-0.4, -0.2) is 104 Å². The number of nitrogens with zero attached hydrogens (tertiary/aromatic N) is 2. The van der Waals surface area contributed by atoms with E-state index in [-0.39, 0.29) is 23.8 Å². The Kier molecular flexibility index (Phi) is 11.2. The second-order valence-corrected chi connectivity index (χ2v) is 13.4. The Morgan fingerprint density at radius 1 is 1.25 bits per heavy atom. The number of aliphatic hydroxyl groups is 1. The van der Waals surface area contributed by atoms with Crippen LogP contribution >= 0.6 is 11.6 Å². The first-order valence-electron chi connectivity index (χ1n) is 15.8. The molecule has 0 aliphatic carbocycles. The van der Waals surface area contributed by atoms with Crippen LogP contribution in [0.3, 0.4) is 0 Å². The molecule has 48 heavy (non-hydrogen) atoms. The third kappa shape index (κ3) is 7.64. The largest absolute Gasteiger partial charge is 0.495 e. The van der Waals surface area contributed by atoms with Crippen LogP contribution in [0.25, 0.3) is 0 Å². The first kappa shape index (κ1) is 37.2. The quantitative estimate of drug-likeness (QED) is 0.346. The van der Waals surface area contributed by atoms with Gasteiger partial charge in [-0.2, -0.15) is 0 Å². The molecule has 0 aromatic heterocycles. The molecule has 264 valence electrons. The fraction of sp³-hybridized carbons (Fsp3) is 0.588. The van der Waals surface area contributed by atoms with Crippen molar-refractivity contribution >= 4 is 41.2 Å². The molecule has 3 aliphatic heterocycles. The minimum absolute atomic E-state index is 0.0436. The number of likely N-dealkylation sites (N-methyl/N-ethyl adjacent to an activating group) is 1. The number of allylic oxidation sites excluding steroid dienone is 3. The van der Waals surface area contributed by atoms with E-state index in [0.717, 1.165) is 11.1 Å². The van der Waals surface area contributed by atoms with Gasteiger partial charge >= 0.3 is 12.1 Å². The van der Waals surface area contributed by atoms with E-state index in [1.54, 1.807) is 45.2 Å². The monoisotopic (exact) mass is 691 g/mol. The Morgan fingerprint density at radius 3 is 2.56 bits per heavy atom. The van der Waals surface area contributed by atoms with E-state index in [1.165, 1.54) is 44.9 Å². The van der Waals surface area contributed by atoms with E-state index in [9.17, 15) is 24.3 Å². The van der Waals surface area contributed by atoms with Gasteiger partial charge in [0.25, 0.3) is 0 Å². The molecular formula is C34H46ClN3O10. The summed E-state index contributed by atoms with van der Waals surface area (Å²) >= 11 is 6.71. The van der Waals surface area contributed by atoms with Gasteiger partial charge in [-0.15, -0.1) is 0 Å². The SMILES string of the molecule is COc1cc2cc(c1Cl)N(C)C(=O)C[C@@H](OC(=O)[C@@H](C)N(C)C(C)=O)[C@]1(C)O[C@H]1[C@H](C)[C@@H]1C[C@@](O)(NC(=O)O1)[C@@H](OC)/C=C/C=C(\C)C2. The second-order valence-electron chi connectivity index (χ2n) is 13.0. The lowest BCUT2D eigenvalue weighted by Crippen LogP contribution is -2.63. The Hall–Kier alpha value is -3.65. The van der Waals surface area contributed by atoms with Crippen LogP contribution in [0.4, 0.5) is 10.5 Å². The molecule has 0 unspecified atom stereocenters. The molecular weight excluding hydrogens is 646 g/mol. The summed E-state index contributed by atoms with van der Waals surface area (Å²) in [5, 5.41) is 14.4. The van der Waals surface area contributed by atoms with Crippen molar-refractivity contribution in [3.63, 3.8) is 0 Å². The van der Waals surface area contributed by atoms with Gasteiger partial charge in [0.1, 0.15) is 40.7 Å². The highest BCUT2D eigenvalue weighted by Gasteiger charge is 2.64. The number of carbonyl (C=O) groups excluding carboxylic acids is 4. The maximum atomic E-state index is 14.0. The lowest BCUT2D eigenvalue weighted by Gasteiger charge is -2.42. The maximum Gasteiger partial charge on any atom is 0.409 e. The molecule has 1 aromatic carbocycles. The van der Waals surface area contributed by atoms with Crippen LogP contribution in [0, 0.1) is 5.92 Å². The summed E-state index contributed by atoms with van der Waals surface area (Å²) in [5.41, 5.74) is -0.871. The lowest BCUT2D eigenvalue weighted by molar-refractivity contribution is -0.161. The Bertz CT molecular complexity index is 1500. The molecule has 3 aliphatic rings. The van der Waals surface area contributed by atoms with Crippen LogP contribution in [0.1, 0.15) is 53.0 Å². The van der Waals surface area contributed by atoms with Gasteiger partial charge in [-0.25, -0.2) is 9.59 Å². The first-order chi connectivity index (χ1) is 22.4. The van der Waals surface area contributed by atoms with Gasteiger partial charge in [0.05, 0.1) is 25.3 Å². The molecule has 2 fully saturated rings. The first-order valence-corrected chi connectivity index (χ1v) is 16.2. The maximum absolute atomic E-state index is 14.0. The van der Waals surface area contributed by atoms with Crippen LogP contribution in [-0.2, 0) is 39.8 Å². The van der Waals surface area contributed by atoms with Crippen molar-refractivity contribution in [2.24, 2.45) is 5.92 Å². The number of amides is 3. The number of epoxide rings is 1.